The topological polar surface area (TPSA) is 55.1 Å². The number of nitrogens with one attached hydrogen (secondary N) is 1. The number of aromatic nitrogens is 1. The first-order valence-corrected chi connectivity index (χ1v) is 5.81. The Balaban J connectivity index is 2.33. The predicted molar refractivity (Wildman–Crippen MR) is 65.3 cm³/mol. The van der Waals surface area contributed by atoms with Crippen LogP contribution in [0.1, 0.15) is 27.4 Å². The minimum Gasteiger partial charge on any atom is -0.351 e. The van der Waals surface area contributed by atoms with Crippen LogP contribution in [0, 0.1) is 19.7 Å². The van der Waals surface area contributed by atoms with Crippen molar-refractivity contribution in [3.8, 4) is 0 Å². The average molecular weight is 302 g/mol. The number of amides is 1. The fourth-order valence-corrected chi connectivity index (χ4v) is 1.75. The van der Waals surface area contributed by atoms with Crippen LogP contribution in [0.4, 0.5) is 23.2 Å². The number of halogens is 4. The van der Waals surface area contributed by atoms with E-state index in [1.807, 2.05) is 0 Å². The first-order valence-electron chi connectivity index (χ1n) is 5.81. The number of alkyl halides is 3. The molecule has 1 amide bonds. The maximum Gasteiger partial charge on any atom is 0.453 e. The van der Waals surface area contributed by atoms with Gasteiger partial charge in [0.05, 0.1) is 5.69 Å². The summed E-state index contributed by atoms with van der Waals surface area (Å²) in [5, 5.41) is 5.42. The normalized spacial score (nSPS) is 11.5. The van der Waals surface area contributed by atoms with Crippen molar-refractivity contribution < 1.29 is 26.9 Å². The molecule has 8 heteroatoms. The van der Waals surface area contributed by atoms with Crippen molar-refractivity contribution >= 4 is 11.6 Å². The molecule has 112 valence electrons. The molecule has 0 radical (unpaired) electrons. The molecule has 0 bridgehead atoms. The Bertz CT molecular complexity index is 692. The zero-order valence-electron chi connectivity index (χ0n) is 11.0. The van der Waals surface area contributed by atoms with E-state index in [1.54, 1.807) is 0 Å². The van der Waals surface area contributed by atoms with Gasteiger partial charge < -0.3 is 9.84 Å². The van der Waals surface area contributed by atoms with E-state index in [-0.39, 0.29) is 16.9 Å². The number of benzene rings is 1. The molecule has 4 nitrogen and oxygen atoms in total. The van der Waals surface area contributed by atoms with Gasteiger partial charge in [0.1, 0.15) is 11.4 Å². The van der Waals surface area contributed by atoms with Crippen LogP contribution in [0.5, 0.6) is 0 Å². The smallest absolute Gasteiger partial charge is 0.351 e. The molecule has 0 atom stereocenters. The van der Waals surface area contributed by atoms with Crippen LogP contribution in [0.3, 0.4) is 0 Å². The summed E-state index contributed by atoms with van der Waals surface area (Å²) < 4.78 is 55.4. The van der Waals surface area contributed by atoms with Crippen molar-refractivity contribution in [2.24, 2.45) is 0 Å². The van der Waals surface area contributed by atoms with Gasteiger partial charge in [0.25, 0.3) is 11.7 Å². The molecule has 2 rings (SSSR count). The lowest BCUT2D eigenvalue weighted by Gasteiger charge is -2.08. The monoisotopic (exact) mass is 302 g/mol. The molecule has 1 N–H and O–H groups in total. The number of anilines is 1. The number of rotatable bonds is 2. The molecule has 0 fully saturated rings. The Morgan fingerprint density at radius 1 is 1.29 bits per heavy atom. The fraction of sp³-hybridized carbons (Fsp3) is 0.231. The number of nitrogens with zero attached hydrogens (tertiary/aromatic N) is 1. The first kappa shape index (κ1) is 15.0. The van der Waals surface area contributed by atoms with Crippen LogP contribution < -0.4 is 5.32 Å². The van der Waals surface area contributed by atoms with Gasteiger partial charge in [0.15, 0.2) is 0 Å². The zero-order valence-corrected chi connectivity index (χ0v) is 11.0. The SMILES string of the molecule is Cc1cc(NC(=O)c2c(C)noc2C(F)(F)F)ccc1F. The largest absolute Gasteiger partial charge is 0.453 e. The van der Waals surface area contributed by atoms with Crippen LogP contribution in [-0.2, 0) is 6.18 Å². The number of hydrogen-bond donors (Lipinski definition) is 1. The molecule has 1 heterocycles. The number of carbonyl (C=O) groups is 1. The summed E-state index contributed by atoms with van der Waals surface area (Å²) in [5.74, 6) is -2.96. The van der Waals surface area contributed by atoms with Crippen molar-refractivity contribution in [1.29, 1.82) is 0 Å². The molecule has 1 aromatic carbocycles. The minimum atomic E-state index is -4.83. The lowest BCUT2D eigenvalue weighted by molar-refractivity contribution is -0.155. The molecular formula is C13H10F4N2O2. The number of hydrogen-bond acceptors (Lipinski definition) is 3. The summed E-state index contributed by atoms with van der Waals surface area (Å²) >= 11 is 0. The first-order chi connectivity index (χ1) is 9.70. The Morgan fingerprint density at radius 2 is 1.95 bits per heavy atom. The summed E-state index contributed by atoms with van der Waals surface area (Å²) in [4.78, 5) is 12.0. The highest BCUT2D eigenvalue weighted by Crippen LogP contribution is 2.33. The molecule has 1 aromatic heterocycles. The van der Waals surface area contributed by atoms with Gasteiger partial charge in [-0.2, -0.15) is 13.2 Å². The Kier molecular flexibility index (Phi) is 3.71. The van der Waals surface area contributed by atoms with Crippen LogP contribution in [0.2, 0.25) is 0 Å². The molecule has 0 unspecified atom stereocenters. The third-order valence-corrected chi connectivity index (χ3v) is 2.76. The molecular weight excluding hydrogens is 292 g/mol. The quantitative estimate of drug-likeness (QED) is 0.861. The second kappa shape index (κ2) is 5.19. The number of carbonyl (C=O) groups excluding carboxylic acids is 1. The van der Waals surface area contributed by atoms with E-state index in [0.29, 0.717) is 0 Å². The Labute approximate surface area is 116 Å². The van der Waals surface area contributed by atoms with Gasteiger partial charge in [-0.25, -0.2) is 4.39 Å². The van der Waals surface area contributed by atoms with Gasteiger partial charge in [-0.05, 0) is 37.6 Å². The van der Waals surface area contributed by atoms with Crippen LogP contribution in [0.15, 0.2) is 22.7 Å². The number of aryl methyl sites for hydroxylation is 2. The van der Waals surface area contributed by atoms with Crippen LogP contribution in [0.25, 0.3) is 0 Å². The summed E-state index contributed by atoms with van der Waals surface area (Å²) in [7, 11) is 0. The fourth-order valence-electron chi connectivity index (χ4n) is 1.75. The van der Waals surface area contributed by atoms with Crippen molar-refractivity contribution in [3.05, 3.63) is 46.6 Å². The van der Waals surface area contributed by atoms with E-state index in [9.17, 15) is 22.4 Å². The van der Waals surface area contributed by atoms with Crippen molar-refractivity contribution in [2.75, 3.05) is 5.32 Å². The van der Waals surface area contributed by atoms with Crippen molar-refractivity contribution in [3.63, 3.8) is 0 Å². The average Bonchev–Trinajstić information content (AvgIpc) is 2.76. The van der Waals surface area contributed by atoms with Gasteiger partial charge in [-0.15, -0.1) is 0 Å². The van der Waals surface area contributed by atoms with Crippen LogP contribution in [-0.4, -0.2) is 11.1 Å². The third kappa shape index (κ3) is 3.04. The van der Waals surface area contributed by atoms with E-state index in [2.05, 4.69) is 15.0 Å². The van der Waals surface area contributed by atoms with Crippen molar-refractivity contribution in [1.82, 2.24) is 5.16 Å². The highest BCUT2D eigenvalue weighted by Gasteiger charge is 2.42. The summed E-state index contributed by atoms with van der Waals surface area (Å²) in [6.07, 6.45) is -4.83. The maximum absolute atomic E-state index is 13.1. The minimum absolute atomic E-state index is 0.174. The van der Waals surface area contributed by atoms with Gasteiger partial charge in [0.2, 0.25) is 0 Å². The standard InChI is InChI=1S/C13H10F4N2O2/c1-6-5-8(3-4-9(6)14)18-12(20)10-7(2)19-21-11(10)13(15,16)17/h3-5H,1-2H3,(H,18,20). The van der Waals surface area contributed by atoms with Gasteiger partial charge in [-0.1, -0.05) is 5.16 Å². The summed E-state index contributed by atoms with van der Waals surface area (Å²) in [6.45, 7) is 2.69. The van der Waals surface area contributed by atoms with E-state index in [1.165, 1.54) is 26.0 Å². The highest BCUT2D eigenvalue weighted by molar-refractivity contribution is 6.05. The zero-order chi connectivity index (χ0) is 15.8. The van der Waals surface area contributed by atoms with E-state index in [4.69, 9.17) is 0 Å². The molecule has 0 aliphatic carbocycles. The molecule has 2 aromatic rings. The lowest BCUT2D eigenvalue weighted by Crippen LogP contribution is -2.18. The summed E-state index contributed by atoms with van der Waals surface area (Å²) in [6, 6.07) is 3.66. The van der Waals surface area contributed by atoms with E-state index >= 15 is 0 Å². The second-order valence-corrected chi connectivity index (χ2v) is 4.39. The Morgan fingerprint density at radius 3 is 2.52 bits per heavy atom. The third-order valence-electron chi connectivity index (χ3n) is 2.76. The maximum atomic E-state index is 13.1. The second-order valence-electron chi connectivity index (χ2n) is 4.39. The van der Waals surface area contributed by atoms with Gasteiger partial charge >= 0.3 is 6.18 Å². The van der Waals surface area contributed by atoms with Gasteiger partial charge in [-0.3, -0.25) is 4.79 Å². The summed E-state index contributed by atoms with van der Waals surface area (Å²) in [5.41, 5.74) is -0.443. The molecule has 0 spiro atoms. The Hall–Kier alpha value is -2.38. The van der Waals surface area contributed by atoms with Crippen molar-refractivity contribution in [2.45, 2.75) is 20.0 Å². The van der Waals surface area contributed by atoms with E-state index in [0.717, 1.165) is 6.07 Å². The van der Waals surface area contributed by atoms with Gasteiger partial charge in [0, 0.05) is 5.69 Å². The molecule has 0 saturated heterocycles. The molecule has 21 heavy (non-hydrogen) atoms. The van der Waals surface area contributed by atoms with Crippen LogP contribution >= 0.6 is 0 Å². The van der Waals surface area contributed by atoms with E-state index < -0.39 is 29.2 Å². The lowest BCUT2D eigenvalue weighted by atomic mass is 10.1. The highest BCUT2D eigenvalue weighted by atomic mass is 19.4. The molecule has 0 aliphatic heterocycles. The predicted octanol–water partition coefficient (Wildman–Crippen LogP) is 3.70. The molecule has 0 aliphatic rings. The molecule has 0 saturated carbocycles.